The molecule has 2 saturated carbocycles. The van der Waals surface area contributed by atoms with Crippen molar-refractivity contribution in [3.8, 4) is 47.4 Å². The first kappa shape index (κ1) is 14.1. The highest BCUT2D eigenvalue weighted by atomic mass is 14.4. The quantitative estimate of drug-likeness (QED) is 0.587. The first-order chi connectivity index (χ1) is 11.9. The van der Waals surface area contributed by atoms with E-state index in [1.165, 1.54) is 73.7 Å². The van der Waals surface area contributed by atoms with Gasteiger partial charge in [-0.3, -0.25) is 0 Å². The van der Waals surface area contributed by atoms with Gasteiger partial charge in [0.2, 0.25) is 0 Å². The van der Waals surface area contributed by atoms with Crippen LogP contribution in [0, 0.1) is 71.0 Å². The monoisotopic (exact) mass is 308 g/mol. The molecule has 0 heteroatoms. The number of hydrogen-bond donors (Lipinski definition) is 0. The van der Waals surface area contributed by atoms with Crippen LogP contribution in [0.1, 0.15) is 51.4 Å². The van der Waals surface area contributed by atoms with Crippen LogP contribution in [0.4, 0.5) is 0 Å². The number of allylic oxidation sites excluding steroid dienone is 4. The molecule has 0 nitrogen and oxygen atoms in total. The summed E-state index contributed by atoms with van der Waals surface area (Å²) >= 11 is 0. The maximum atomic E-state index is 3.39. The van der Waals surface area contributed by atoms with Crippen molar-refractivity contribution in [3.63, 3.8) is 0 Å². The van der Waals surface area contributed by atoms with Crippen molar-refractivity contribution in [2.45, 2.75) is 51.4 Å². The molecule has 0 aromatic rings. The molecule has 0 saturated heterocycles. The van der Waals surface area contributed by atoms with Crippen molar-refractivity contribution < 1.29 is 0 Å². The molecule has 7 aliphatic carbocycles. The molecular formula is C24H20. The zero-order valence-corrected chi connectivity index (χ0v) is 14.0. The van der Waals surface area contributed by atoms with Crippen LogP contribution in [0.15, 0.2) is 22.3 Å². The van der Waals surface area contributed by atoms with Gasteiger partial charge in [-0.25, -0.2) is 0 Å². The SMILES string of the molecule is C1#CC2=C(C#CC#CC3=C(C#C1)C1CCC3CC1)C1CCC2CC1. The molecule has 0 aliphatic heterocycles. The van der Waals surface area contributed by atoms with E-state index in [-0.39, 0.29) is 0 Å². The van der Waals surface area contributed by atoms with Crippen LogP contribution in [0.25, 0.3) is 0 Å². The van der Waals surface area contributed by atoms with Crippen molar-refractivity contribution in [1.29, 1.82) is 0 Å². The van der Waals surface area contributed by atoms with E-state index in [2.05, 4.69) is 47.4 Å². The number of hydrogen-bond acceptors (Lipinski definition) is 0. The smallest absolute Gasteiger partial charge is 0.0180 e. The first-order valence-corrected chi connectivity index (χ1v) is 9.42. The van der Waals surface area contributed by atoms with Crippen molar-refractivity contribution in [3.05, 3.63) is 22.3 Å². The molecule has 0 unspecified atom stereocenters. The van der Waals surface area contributed by atoms with E-state index in [9.17, 15) is 0 Å². The Morgan fingerprint density at radius 2 is 0.583 bits per heavy atom. The lowest BCUT2D eigenvalue weighted by Crippen LogP contribution is -2.26. The second-order valence-electron chi connectivity index (χ2n) is 7.75. The Labute approximate surface area is 145 Å². The van der Waals surface area contributed by atoms with E-state index in [0.717, 1.165) is 0 Å². The molecule has 116 valence electrons. The van der Waals surface area contributed by atoms with Gasteiger partial charge in [-0.1, -0.05) is 23.7 Å². The average Bonchev–Trinajstić information content (AvgIpc) is 2.64. The first-order valence-electron chi connectivity index (χ1n) is 9.42. The molecule has 2 fully saturated rings. The second-order valence-corrected chi connectivity index (χ2v) is 7.75. The molecule has 24 heavy (non-hydrogen) atoms. The van der Waals surface area contributed by atoms with Crippen LogP contribution in [-0.2, 0) is 0 Å². The van der Waals surface area contributed by atoms with E-state index >= 15 is 0 Å². The minimum absolute atomic E-state index is 0.616. The summed E-state index contributed by atoms with van der Waals surface area (Å²) in [7, 11) is 0. The lowest BCUT2D eigenvalue weighted by Gasteiger charge is -2.36. The molecule has 7 rings (SSSR count). The molecule has 0 atom stereocenters. The molecule has 0 N–H and O–H groups in total. The lowest BCUT2D eigenvalue weighted by atomic mass is 9.67. The molecule has 0 aromatic carbocycles. The fourth-order valence-corrected chi connectivity index (χ4v) is 5.29. The van der Waals surface area contributed by atoms with E-state index in [0.29, 0.717) is 23.7 Å². The van der Waals surface area contributed by atoms with Gasteiger partial charge in [0, 0.05) is 22.3 Å². The third-order valence-electron chi connectivity index (χ3n) is 6.58. The van der Waals surface area contributed by atoms with Gasteiger partial charge in [-0.15, -0.1) is 0 Å². The largest absolute Gasteiger partial charge is 0.0560 e. The Kier molecular flexibility index (Phi) is 3.33. The Balaban J connectivity index is 1.62. The molecule has 0 aromatic heterocycles. The second kappa shape index (κ2) is 5.66. The highest BCUT2D eigenvalue weighted by Gasteiger charge is 2.35. The van der Waals surface area contributed by atoms with Crippen LogP contribution < -0.4 is 0 Å². The fourth-order valence-electron chi connectivity index (χ4n) is 5.29. The maximum absolute atomic E-state index is 3.39. The third-order valence-corrected chi connectivity index (χ3v) is 6.58. The van der Waals surface area contributed by atoms with Gasteiger partial charge in [0.15, 0.2) is 0 Å². The van der Waals surface area contributed by atoms with Crippen molar-refractivity contribution in [2.24, 2.45) is 23.7 Å². The maximum Gasteiger partial charge on any atom is 0.0180 e. The van der Waals surface area contributed by atoms with Gasteiger partial charge < -0.3 is 0 Å². The Morgan fingerprint density at radius 3 is 0.792 bits per heavy atom. The van der Waals surface area contributed by atoms with Gasteiger partial charge in [0.25, 0.3) is 0 Å². The molecular weight excluding hydrogens is 288 g/mol. The Bertz CT molecular complexity index is 737. The molecule has 0 amide bonds. The normalized spacial score (nSPS) is 34.7. The van der Waals surface area contributed by atoms with E-state index in [1.807, 2.05) is 0 Å². The highest BCUT2D eigenvalue weighted by molar-refractivity contribution is 5.57. The highest BCUT2D eigenvalue weighted by Crippen LogP contribution is 2.45. The predicted molar refractivity (Wildman–Crippen MR) is 96.1 cm³/mol. The molecule has 0 spiro atoms. The minimum atomic E-state index is 0.616. The van der Waals surface area contributed by atoms with Crippen LogP contribution in [0.5, 0.6) is 0 Å². The van der Waals surface area contributed by atoms with Crippen molar-refractivity contribution in [1.82, 2.24) is 0 Å². The minimum Gasteiger partial charge on any atom is -0.0560 e. The van der Waals surface area contributed by atoms with Crippen LogP contribution in [-0.4, -0.2) is 0 Å². The van der Waals surface area contributed by atoms with E-state index < -0.39 is 0 Å². The standard InChI is InChI=1S/C24H20/c1-2-6-22-18-13-15-20(16-14-18)24(22)8-4-3-7-23-19-11-9-17(10-12-19)21(23)5-1/h17-20H,9-16H2. The van der Waals surface area contributed by atoms with Crippen molar-refractivity contribution in [2.75, 3.05) is 0 Å². The van der Waals surface area contributed by atoms with Gasteiger partial charge in [0.1, 0.15) is 0 Å². The fraction of sp³-hybridized carbons (Fsp3) is 0.500. The van der Waals surface area contributed by atoms with Gasteiger partial charge in [0.05, 0.1) is 0 Å². The molecule has 0 radical (unpaired) electrons. The van der Waals surface area contributed by atoms with Crippen LogP contribution in [0.2, 0.25) is 0 Å². The summed E-state index contributed by atoms with van der Waals surface area (Å²) < 4.78 is 0. The van der Waals surface area contributed by atoms with Gasteiger partial charge >= 0.3 is 0 Å². The number of fused-ring (bicyclic) bond motifs is 4. The van der Waals surface area contributed by atoms with Gasteiger partial charge in [-0.05, 0) is 98.7 Å². The summed E-state index contributed by atoms with van der Waals surface area (Å²) in [5.74, 6) is 28.7. The summed E-state index contributed by atoms with van der Waals surface area (Å²) in [5.41, 5.74) is 5.11. The summed E-state index contributed by atoms with van der Waals surface area (Å²) in [6.45, 7) is 0. The van der Waals surface area contributed by atoms with Gasteiger partial charge in [-0.2, -0.15) is 0 Å². The summed E-state index contributed by atoms with van der Waals surface area (Å²) in [6.07, 6.45) is 10.2. The summed E-state index contributed by atoms with van der Waals surface area (Å²) in [6, 6.07) is 0. The topological polar surface area (TPSA) is 0 Å². The van der Waals surface area contributed by atoms with Crippen LogP contribution >= 0.6 is 0 Å². The molecule has 4 bridgehead atoms. The Morgan fingerprint density at radius 1 is 0.375 bits per heavy atom. The summed E-state index contributed by atoms with van der Waals surface area (Å²) in [5, 5.41) is 0. The Hall–Kier alpha value is -2.28. The van der Waals surface area contributed by atoms with Crippen molar-refractivity contribution >= 4 is 0 Å². The third kappa shape index (κ3) is 2.23. The van der Waals surface area contributed by atoms with E-state index in [4.69, 9.17) is 0 Å². The lowest BCUT2D eigenvalue weighted by molar-refractivity contribution is 0.309. The number of rotatable bonds is 0. The zero-order chi connectivity index (χ0) is 15.9. The van der Waals surface area contributed by atoms with E-state index in [1.54, 1.807) is 0 Å². The predicted octanol–water partition coefficient (Wildman–Crippen LogP) is 4.25. The zero-order valence-electron chi connectivity index (χ0n) is 14.0. The summed E-state index contributed by atoms with van der Waals surface area (Å²) in [4.78, 5) is 0. The molecule has 7 aliphatic rings. The van der Waals surface area contributed by atoms with Crippen LogP contribution in [0.3, 0.4) is 0 Å². The average molecular weight is 308 g/mol. The molecule has 0 heterocycles.